The Balaban J connectivity index is 2.73. The molecule has 1 rings (SSSR count). The van der Waals surface area contributed by atoms with E-state index in [0.29, 0.717) is 6.54 Å². The van der Waals surface area contributed by atoms with Crippen LogP contribution >= 0.6 is 0 Å². The zero-order valence-electron chi connectivity index (χ0n) is 10.8. The van der Waals surface area contributed by atoms with Gasteiger partial charge in [0.15, 0.2) is 0 Å². The van der Waals surface area contributed by atoms with E-state index in [1.807, 2.05) is 18.2 Å². The number of anilines is 1. The Bertz CT molecular complexity index is 408. The van der Waals surface area contributed by atoms with E-state index in [9.17, 15) is 9.59 Å². The molecule has 0 aliphatic heterocycles. The van der Waals surface area contributed by atoms with Crippen LogP contribution in [0, 0.1) is 0 Å². The van der Waals surface area contributed by atoms with Crippen molar-refractivity contribution in [2.75, 3.05) is 12.4 Å². The van der Waals surface area contributed by atoms with Gasteiger partial charge in [0.1, 0.15) is 6.04 Å². The molecule has 98 valence electrons. The third-order valence-electron chi connectivity index (χ3n) is 2.64. The Hall–Kier alpha value is -2.04. The lowest BCUT2D eigenvalue weighted by Crippen LogP contribution is -2.25. The summed E-state index contributed by atoms with van der Waals surface area (Å²) in [6.07, 6.45) is 0. The van der Waals surface area contributed by atoms with Crippen LogP contribution in [0.25, 0.3) is 0 Å². The van der Waals surface area contributed by atoms with Crippen LogP contribution in [0.5, 0.6) is 0 Å². The van der Waals surface area contributed by atoms with E-state index >= 15 is 0 Å². The zero-order valence-corrected chi connectivity index (χ0v) is 10.8. The minimum absolute atomic E-state index is 0.00716. The smallest absolute Gasteiger partial charge is 0.325 e. The van der Waals surface area contributed by atoms with Crippen molar-refractivity contribution < 1.29 is 14.7 Å². The van der Waals surface area contributed by atoms with Crippen LogP contribution in [-0.2, 0) is 16.1 Å². The second-order valence-corrected chi connectivity index (χ2v) is 4.28. The van der Waals surface area contributed by atoms with Gasteiger partial charge in [0.2, 0.25) is 5.91 Å². The predicted octanol–water partition coefficient (Wildman–Crippen LogP) is 1.55. The summed E-state index contributed by atoms with van der Waals surface area (Å²) in [6.45, 7) is 3.59. The van der Waals surface area contributed by atoms with E-state index in [1.165, 1.54) is 6.92 Å². The van der Waals surface area contributed by atoms with Crippen LogP contribution in [0.1, 0.15) is 19.4 Å². The number of hydrogen-bond donors (Lipinski definition) is 2. The van der Waals surface area contributed by atoms with Gasteiger partial charge in [0, 0.05) is 26.2 Å². The zero-order chi connectivity index (χ0) is 13.7. The predicted molar refractivity (Wildman–Crippen MR) is 69.3 cm³/mol. The van der Waals surface area contributed by atoms with Gasteiger partial charge in [-0.2, -0.15) is 0 Å². The Morgan fingerprint density at radius 3 is 2.67 bits per heavy atom. The van der Waals surface area contributed by atoms with Crippen LogP contribution in [0.3, 0.4) is 0 Å². The standard InChI is InChI=1S/C13H18N2O3/c1-9(13(17)18)14-12-6-4-5-11(7-12)8-15(3)10(2)16/h4-7,9,14H,8H2,1-3H3,(H,17,18). The molecule has 0 saturated carbocycles. The van der Waals surface area contributed by atoms with E-state index in [2.05, 4.69) is 5.32 Å². The molecule has 2 N–H and O–H groups in total. The van der Waals surface area contributed by atoms with E-state index in [0.717, 1.165) is 11.3 Å². The Morgan fingerprint density at radius 1 is 1.44 bits per heavy atom. The lowest BCUT2D eigenvalue weighted by Gasteiger charge is -2.16. The summed E-state index contributed by atoms with van der Waals surface area (Å²) in [5, 5.41) is 11.7. The average Bonchev–Trinajstić information content (AvgIpc) is 2.29. The molecule has 5 nitrogen and oxygen atoms in total. The number of carboxylic acid groups (broad SMARTS) is 1. The normalized spacial score (nSPS) is 11.7. The molecule has 0 spiro atoms. The summed E-state index contributed by atoms with van der Waals surface area (Å²) < 4.78 is 0. The van der Waals surface area contributed by atoms with Crippen molar-refractivity contribution >= 4 is 17.6 Å². The summed E-state index contributed by atoms with van der Waals surface area (Å²) in [5.74, 6) is -0.909. The van der Waals surface area contributed by atoms with Crippen molar-refractivity contribution in [2.24, 2.45) is 0 Å². The number of hydrogen-bond acceptors (Lipinski definition) is 3. The lowest BCUT2D eigenvalue weighted by molar-refractivity contribution is -0.137. The molecule has 1 aromatic rings. The summed E-state index contributed by atoms with van der Waals surface area (Å²) in [7, 11) is 1.72. The molecular weight excluding hydrogens is 232 g/mol. The molecule has 0 saturated heterocycles. The molecule has 0 aliphatic carbocycles. The number of carbonyl (C=O) groups excluding carboxylic acids is 1. The number of amides is 1. The molecule has 1 unspecified atom stereocenters. The maximum Gasteiger partial charge on any atom is 0.325 e. The fourth-order valence-electron chi connectivity index (χ4n) is 1.46. The number of nitrogens with one attached hydrogen (secondary N) is 1. The van der Waals surface area contributed by atoms with Gasteiger partial charge in [-0.15, -0.1) is 0 Å². The fraction of sp³-hybridized carbons (Fsp3) is 0.385. The van der Waals surface area contributed by atoms with Gasteiger partial charge in [0.25, 0.3) is 0 Å². The minimum atomic E-state index is -0.902. The van der Waals surface area contributed by atoms with Crippen LogP contribution in [0.15, 0.2) is 24.3 Å². The second kappa shape index (κ2) is 6.05. The van der Waals surface area contributed by atoms with Crippen LogP contribution in [0.2, 0.25) is 0 Å². The lowest BCUT2D eigenvalue weighted by atomic mass is 10.1. The fourth-order valence-corrected chi connectivity index (χ4v) is 1.46. The largest absolute Gasteiger partial charge is 0.480 e. The van der Waals surface area contributed by atoms with Crippen molar-refractivity contribution in [3.63, 3.8) is 0 Å². The molecule has 5 heteroatoms. The molecule has 0 aliphatic rings. The van der Waals surface area contributed by atoms with Gasteiger partial charge in [-0.3, -0.25) is 9.59 Å². The van der Waals surface area contributed by atoms with Gasteiger partial charge < -0.3 is 15.3 Å². The highest BCUT2D eigenvalue weighted by atomic mass is 16.4. The molecule has 0 aromatic heterocycles. The Kier molecular flexibility index (Phi) is 4.71. The second-order valence-electron chi connectivity index (χ2n) is 4.28. The Labute approximate surface area is 106 Å². The molecule has 0 heterocycles. The van der Waals surface area contributed by atoms with Crippen LogP contribution < -0.4 is 5.32 Å². The van der Waals surface area contributed by atoms with Crippen LogP contribution in [0.4, 0.5) is 5.69 Å². The number of nitrogens with zero attached hydrogens (tertiary/aromatic N) is 1. The highest BCUT2D eigenvalue weighted by molar-refractivity contribution is 5.76. The van der Waals surface area contributed by atoms with Crippen LogP contribution in [-0.4, -0.2) is 35.0 Å². The van der Waals surface area contributed by atoms with Gasteiger partial charge in [0.05, 0.1) is 0 Å². The average molecular weight is 250 g/mol. The topological polar surface area (TPSA) is 69.6 Å². The third kappa shape index (κ3) is 4.08. The summed E-state index contributed by atoms with van der Waals surface area (Å²) in [5.41, 5.74) is 1.69. The number of benzene rings is 1. The highest BCUT2D eigenvalue weighted by Crippen LogP contribution is 2.13. The van der Waals surface area contributed by atoms with Crippen molar-refractivity contribution in [2.45, 2.75) is 26.4 Å². The van der Waals surface area contributed by atoms with Crippen molar-refractivity contribution in [1.29, 1.82) is 0 Å². The van der Waals surface area contributed by atoms with Crippen molar-refractivity contribution in [3.05, 3.63) is 29.8 Å². The molecule has 0 radical (unpaired) electrons. The van der Waals surface area contributed by atoms with Gasteiger partial charge in [-0.05, 0) is 24.6 Å². The van der Waals surface area contributed by atoms with E-state index in [4.69, 9.17) is 5.11 Å². The first kappa shape index (κ1) is 14.0. The highest BCUT2D eigenvalue weighted by Gasteiger charge is 2.10. The Morgan fingerprint density at radius 2 is 2.11 bits per heavy atom. The number of carboxylic acids is 1. The van der Waals surface area contributed by atoms with Gasteiger partial charge >= 0.3 is 5.97 Å². The van der Waals surface area contributed by atoms with E-state index in [-0.39, 0.29) is 5.91 Å². The maximum absolute atomic E-state index is 11.1. The monoisotopic (exact) mass is 250 g/mol. The first-order chi connectivity index (χ1) is 8.40. The molecule has 0 bridgehead atoms. The molecule has 0 fully saturated rings. The molecule has 1 aromatic carbocycles. The first-order valence-corrected chi connectivity index (χ1v) is 5.70. The van der Waals surface area contributed by atoms with Gasteiger partial charge in [-0.25, -0.2) is 0 Å². The SMILES string of the molecule is CC(=O)N(C)Cc1cccc(NC(C)C(=O)O)c1. The van der Waals surface area contributed by atoms with Gasteiger partial charge in [-0.1, -0.05) is 12.1 Å². The number of aliphatic carboxylic acids is 1. The number of carbonyl (C=O) groups is 2. The van der Waals surface area contributed by atoms with E-state index < -0.39 is 12.0 Å². The maximum atomic E-state index is 11.1. The molecule has 1 amide bonds. The van der Waals surface area contributed by atoms with Crippen molar-refractivity contribution in [1.82, 2.24) is 4.90 Å². The summed E-state index contributed by atoms with van der Waals surface area (Å²) >= 11 is 0. The minimum Gasteiger partial charge on any atom is -0.480 e. The third-order valence-corrected chi connectivity index (χ3v) is 2.64. The van der Waals surface area contributed by atoms with E-state index in [1.54, 1.807) is 24.9 Å². The molecule has 1 atom stereocenters. The summed E-state index contributed by atoms with van der Waals surface area (Å²) in [4.78, 5) is 23.5. The quantitative estimate of drug-likeness (QED) is 0.832. The number of rotatable bonds is 5. The summed E-state index contributed by atoms with van der Waals surface area (Å²) in [6, 6.07) is 6.73. The van der Waals surface area contributed by atoms with Crippen molar-refractivity contribution in [3.8, 4) is 0 Å². The first-order valence-electron chi connectivity index (χ1n) is 5.70. The molecule has 18 heavy (non-hydrogen) atoms. The molecular formula is C13H18N2O3.